The second kappa shape index (κ2) is 9.40. The number of ether oxygens (including phenoxy) is 1. The molecule has 2 aromatic heterocycles. The third-order valence-electron chi connectivity index (χ3n) is 6.93. The van der Waals surface area contributed by atoms with E-state index >= 15 is 0 Å². The zero-order valence-corrected chi connectivity index (χ0v) is 19.7. The van der Waals surface area contributed by atoms with Crippen LogP contribution in [0.25, 0.3) is 11.0 Å². The summed E-state index contributed by atoms with van der Waals surface area (Å²) in [5, 5.41) is 4.28. The highest BCUT2D eigenvalue weighted by atomic mass is 16.5. The first kappa shape index (κ1) is 22.9. The van der Waals surface area contributed by atoms with Gasteiger partial charge in [0.25, 0.3) is 0 Å². The summed E-state index contributed by atoms with van der Waals surface area (Å²) >= 11 is 0. The number of nitrogens with two attached hydrogens (primary N) is 1. The Hall–Kier alpha value is -3.89. The Bertz CT molecular complexity index is 1270. The third-order valence-corrected chi connectivity index (χ3v) is 6.93. The molecule has 0 bridgehead atoms. The number of methoxy groups -OCH3 is 1. The number of amides is 3. The quantitative estimate of drug-likeness (QED) is 0.568. The van der Waals surface area contributed by atoms with E-state index in [0.717, 1.165) is 41.0 Å². The number of rotatable bonds is 6. The highest BCUT2D eigenvalue weighted by molar-refractivity contribution is 5.95. The number of carbonyl (C=O) groups is 3. The van der Waals surface area contributed by atoms with Crippen LogP contribution < -0.4 is 10.6 Å². The second-order valence-corrected chi connectivity index (χ2v) is 9.02. The fourth-order valence-corrected chi connectivity index (χ4v) is 5.09. The van der Waals surface area contributed by atoms with E-state index in [9.17, 15) is 14.4 Å². The molecule has 3 amide bonds. The lowest BCUT2D eigenvalue weighted by Crippen LogP contribution is -2.35. The summed E-state index contributed by atoms with van der Waals surface area (Å²) in [6.45, 7) is 2.20. The third kappa shape index (κ3) is 4.33. The first-order valence-electron chi connectivity index (χ1n) is 11.9. The number of anilines is 1. The van der Waals surface area contributed by atoms with Crippen molar-refractivity contribution in [3.05, 3.63) is 42.0 Å². The molecule has 0 radical (unpaired) electrons. The number of hydrogen-bond donors (Lipinski definition) is 1. The van der Waals surface area contributed by atoms with Crippen molar-refractivity contribution in [1.29, 1.82) is 0 Å². The molecule has 0 spiro atoms. The highest BCUT2D eigenvalue weighted by Gasteiger charge is 2.31. The van der Waals surface area contributed by atoms with Gasteiger partial charge in [-0.2, -0.15) is 5.10 Å². The molecule has 4 heterocycles. The lowest BCUT2D eigenvalue weighted by atomic mass is 10.0. The molecule has 0 unspecified atom stereocenters. The van der Waals surface area contributed by atoms with Crippen molar-refractivity contribution < 1.29 is 19.1 Å². The molecule has 184 valence electrons. The fraction of sp³-hybridized carbons (Fsp3) is 0.458. The van der Waals surface area contributed by atoms with Gasteiger partial charge in [0.05, 0.1) is 29.7 Å². The SMILES string of the molecule is COC(=O)N1CCCc2c1ccc1c2nc(CCn2cccn2)n1CC(=O)N1CC[C@H](C(N)=O)C1. The van der Waals surface area contributed by atoms with Crippen LogP contribution in [0.15, 0.2) is 30.6 Å². The maximum absolute atomic E-state index is 13.2. The standard InChI is InChI=1S/C24H29N7O4/c1-35-24(34)30-11-2-4-17-18(30)5-6-19-22(17)27-20(8-13-29-10-3-9-26-29)31(19)15-21(32)28-12-7-16(14-28)23(25)33/h3,5-6,9-10,16H,2,4,7-8,11-15H2,1H3,(H2,25,33)/t16-/m0/s1. The van der Waals surface area contributed by atoms with Crippen molar-refractivity contribution >= 4 is 34.6 Å². The summed E-state index contributed by atoms with van der Waals surface area (Å²) in [5.74, 6) is 0.0459. The Kier molecular flexibility index (Phi) is 6.14. The molecule has 11 nitrogen and oxygen atoms in total. The Morgan fingerprint density at radius 3 is 2.80 bits per heavy atom. The zero-order chi connectivity index (χ0) is 24.5. The van der Waals surface area contributed by atoms with Gasteiger partial charge in [0, 0.05) is 50.6 Å². The number of fused-ring (bicyclic) bond motifs is 3. The highest BCUT2D eigenvalue weighted by Crippen LogP contribution is 2.34. The second-order valence-electron chi connectivity index (χ2n) is 9.02. The Labute approximate surface area is 202 Å². The summed E-state index contributed by atoms with van der Waals surface area (Å²) in [7, 11) is 1.38. The van der Waals surface area contributed by atoms with Gasteiger partial charge < -0.3 is 19.9 Å². The molecule has 3 aromatic rings. The molecule has 0 aliphatic carbocycles. The molecule has 11 heteroatoms. The number of hydrogen-bond acceptors (Lipinski definition) is 6. The van der Waals surface area contributed by atoms with E-state index in [1.54, 1.807) is 16.0 Å². The minimum atomic E-state index is -0.392. The number of primary amides is 1. The van der Waals surface area contributed by atoms with Crippen LogP contribution in [0.3, 0.4) is 0 Å². The average Bonchev–Trinajstić information content (AvgIpc) is 3.62. The first-order chi connectivity index (χ1) is 17.0. The number of aromatic nitrogens is 4. The number of carbonyl (C=O) groups excluding carboxylic acids is 3. The van der Waals surface area contributed by atoms with Crippen LogP contribution in [-0.4, -0.2) is 68.9 Å². The van der Waals surface area contributed by atoms with Gasteiger partial charge in [0.15, 0.2) is 0 Å². The van der Waals surface area contributed by atoms with Crippen LogP contribution >= 0.6 is 0 Å². The predicted molar refractivity (Wildman–Crippen MR) is 128 cm³/mol. The maximum atomic E-state index is 13.2. The number of benzene rings is 1. The molecule has 1 aromatic carbocycles. The molecule has 2 aliphatic heterocycles. The normalized spacial score (nSPS) is 17.6. The molecule has 35 heavy (non-hydrogen) atoms. The van der Waals surface area contributed by atoms with Crippen molar-refractivity contribution in [3.63, 3.8) is 0 Å². The topological polar surface area (TPSA) is 129 Å². The largest absolute Gasteiger partial charge is 0.452 e. The van der Waals surface area contributed by atoms with Crippen molar-refractivity contribution in [2.75, 3.05) is 31.6 Å². The molecule has 5 rings (SSSR count). The molecular formula is C24H29N7O4. The number of imidazole rings is 1. The Morgan fingerprint density at radius 2 is 2.09 bits per heavy atom. The number of nitrogens with zero attached hydrogens (tertiary/aromatic N) is 6. The monoisotopic (exact) mass is 479 g/mol. The summed E-state index contributed by atoms with van der Waals surface area (Å²) in [4.78, 5) is 45.4. The van der Waals surface area contributed by atoms with E-state index in [1.807, 2.05) is 33.6 Å². The van der Waals surface area contributed by atoms with Gasteiger partial charge in [-0.1, -0.05) is 0 Å². The van der Waals surface area contributed by atoms with E-state index in [4.69, 9.17) is 15.5 Å². The van der Waals surface area contributed by atoms with Gasteiger partial charge in [-0.25, -0.2) is 9.78 Å². The lowest BCUT2D eigenvalue weighted by molar-refractivity contribution is -0.131. The smallest absolute Gasteiger partial charge is 0.414 e. The minimum absolute atomic E-state index is 0.0673. The molecule has 1 saturated heterocycles. The zero-order valence-electron chi connectivity index (χ0n) is 19.7. The van der Waals surface area contributed by atoms with Gasteiger partial charge >= 0.3 is 6.09 Å². The van der Waals surface area contributed by atoms with E-state index < -0.39 is 6.09 Å². The maximum Gasteiger partial charge on any atom is 0.414 e. The van der Waals surface area contributed by atoms with Crippen LogP contribution in [0.2, 0.25) is 0 Å². The number of likely N-dealkylation sites (tertiary alicyclic amines) is 1. The van der Waals surface area contributed by atoms with Crippen LogP contribution in [-0.2, 0) is 40.3 Å². The van der Waals surface area contributed by atoms with E-state index in [-0.39, 0.29) is 24.3 Å². The van der Waals surface area contributed by atoms with Crippen LogP contribution in [0.4, 0.5) is 10.5 Å². The summed E-state index contributed by atoms with van der Waals surface area (Å²) in [6, 6.07) is 5.70. The van der Waals surface area contributed by atoms with E-state index in [0.29, 0.717) is 39.0 Å². The summed E-state index contributed by atoms with van der Waals surface area (Å²) in [5.41, 5.74) is 8.89. The lowest BCUT2D eigenvalue weighted by Gasteiger charge is -2.28. The van der Waals surface area contributed by atoms with E-state index in [1.165, 1.54) is 7.11 Å². The van der Waals surface area contributed by atoms with Crippen molar-refractivity contribution in [1.82, 2.24) is 24.2 Å². The molecule has 2 aliphatic rings. The Morgan fingerprint density at radius 1 is 1.23 bits per heavy atom. The summed E-state index contributed by atoms with van der Waals surface area (Å²) in [6.07, 6.45) is 6.00. The van der Waals surface area contributed by atoms with Crippen LogP contribution in [0.5, 0.6) is 0 Å². The molecule has 1 atom stereocenters. The fourth-order valence-electron chi connectivity index (χ4n) is 5.09. The first-order valence-corrected chi connectivity index (χ1v) is 11.9. The predicted octanol–water partition coefficient (Wildman–Crippen LogP) is 1.33. The summed E-state index contributed by atoms with van der Waals surface area (Å²) < 4.78 is 8.76. The van der Waals surface area contributed by atoms with Crippen LogP contribution in [0.1, 0.15) is 24.2 Å². The molecule has 1 fully saturated rings. The molecule has 0 saturated carbocycles. The number of aryl methyl sites for hydroxylation is 3. The van der Waals surface area contributed by atoms with Crippen LogP contribution in [0, 0.1) is 5.92 Å². The van der Waals surface area contributed by atoms with E-state index in [2.05, 4.69) is 5.10 Å². The van der Waals surface area contributed by atoms with Gasteiger partial charge in [-0.05, 0) is 37.5 Å². The average molecular weight is 480 g/mol. The Balaban J connectivity index is 1.50. The van der Waals surface area contributed by atoms with Crippen molar-refractivity contribution in [3.8, 4) is 0 Å². The molecular weight excluding hydrogens is 450 g/mol. The van der Waals surface area contributed by atoms with Crippen molar-refractivity contribution in [2.24, 2.45) is 11.7 Å². The van der Waals surface area contributed by atoms with Gasteiger partial charge in [-0.3, -0.25) is 19.2 Å². The minimum Gasteiger partial charge on any atom is -0.452 e. The van der Waals surface area contributed by atoms with Gasteiger partial charge in [0.2, 0.25) is 11.8 Å². The van der Waals surface area contributed by atoms with Gasteiger partial charge in [0.1, 0.15) is 12.4 Å². The van der Waals surface area contributed by atoms with Crippen molar-refractivity contribution in [2.45, 2.75) is 38.8 Å². The van der Waals surface area contributed by atoms with Gasteiger partial charge in [-0.15, -0.1) is 0 Å². The molecule has 2 N–H and O–H groups in total.